The van der Waals surface area contributed by atoms with E-state index in [0.717, 1.165) is 18.2 Å². The summed E-state index contributed by atoms with van der Waals surface area (Å²) < 4.78 is 0. The number of hydrogen-bond donors (Lipinski definition) is 0. The predicted octanol–water partition coefficient (Wildman–Crippen LogP) is 12.6. The van der Waals surface area contributed by atoms with Crippen LogP contribution in [0.2, 0.25) is 0 Å². The third-order valence-corrected chi connectivity index (χ3v) is 8.16. The van der Waals surface area contributed by atoms with Crippen LogP contribution < -0.4 is 0 Å². The van der Waals surface area contributed by atoms with Gasteiger partial charge in [-0.2, -0.15) is 0 Å². The molecule has 0 heterocycles. The second-order valence-electron chi connectivity index (χ2n) is 11.2. The van der Waals surface area contributed by atoms with Gasteiger partial charge in [0, 0.05) is 13.1 Å². The lowest BCUT2D eigenvalue weighted by atomic mass is 10.0. The highest BCUT2D eigenvalue weighted by atomic mass is 35.5. The Bertz CT molecular complexity index is 424. The van der Waals surface area contributed by atoms with Gasteiger partial charge in [0.25, 0.3) is 0 Å². The monoisotopic (exact) mass is 511 g/mol. The van der Waals surface area contributed by atoms with Crippen molar-refractivity contribution in [2.45, 2.75) is 188 Å². The molecule has 0 rings (SSSR count). The van der Waals surface area contributed by atoms with Gasteiger partial charge in [-0.25, -0.2) is 0 Å². The molecular formula is C33H66ClN. The Hall–Kier alpha value is -0.170. The summed E-state index contributed by atoms with van der Waals surface area (Å²) in [6.07, 6.45) is 34.4. The second-order valence-corrected chi connectivity index (χ2v) is 11.6. The van der Waals surface area contributed by atoms with Gasteiger partial charge in [0.1, 0.15) is 5.16 Å². The van der Waals surface area contributed by atoms with Crippen LogP contribution in [0.15, 0.2) is 10.7 Å². The highest BCUT2D eigenvalue weighted by Gasteiger charge is 2.10. The molecule has 0 aromatic rings. The highest BCUT2D eigenvalue weighted by molar-refractivity contribution is 6.29. The lowest BCUT2D eigenvalue weighted by Crippen LogP contribution is -2.24. The van der Waals surface area contributed by atoms with Gasteiger partial charge in [0.15, 0.2) is 0 Å². The maximum Gasteiger partial charge on any atom is 0.103 e. The Kier molecular flexibility index (Phi) is 28.3. The van der Waals surface area contributed by atoms with Crippen molar-refractivity contribution in [1.82, 2.24) is 4.90 Å². The Balaban J connectivity index is 4.34. The zero-order chi connectivity index (χ0) is 25.8. The van der Waals surface area contributed by atoms with Gasteiger partial charge >= 0.3 is 0 Å². The highest BCUT2D eigenvalue weighted by Crippen LogP contribution is 2.23. The maximum atomic E-state index is 6.99. The fourth-order valence-corrected chi connectivity index (χ4v) is 5.34. The van der Waals surface area contributed by atoms with Crippen molar-refractivity contribution in [1.29, 1.82) is 0 Å². The van der Waals surface area contributed by atoms with Crippen molar-refractivity contribution in [2.75, 3.05) is 13.1 Å². The van der Waals surface area contributed by atoms with Crippen LogP contribution in [0.4, 0.5) is 0 Å². The number of unbranched alkanes of at least 4 members (excludes halogenated alkanes) is 21. The topological polar surface area (TPSA) is 3.24 Å². The van der Waals surface area contributed by atoms with Crippen molar-refractivity contribution in [3.8, 4) is 0 Å². The molecule has 0 fully saturated rings. The molecule has 0 bridgehead atoms. The molecule has 0 aliphatic rings. The summed E-state index contributed by atoms with van der Waals surface area (Å²) in [4.78, 5) is 2.54. The van der Waals surface area contributed by atoms with Gasteiger partial charge in [-0.15, -0.1) is 0 Å². The Labute approximate surface area is 228 Å². The molecular weight excluding hydrogens is 446 g/mol. The quantitative estimate of drug-likeness (QED) is 0.0745. The van der Waals surface area contributed by atoms with Crippen molar-refractivity contribution < 1.29 is 0 Å². The van der Waals surface area contributed by atoms with Crippen LogP contribution >= 0.6 is 11.6 Å². The molecule has 0 aromatic heterocycles. The van der Waals surface area contributed by atoms with Crippen molar-refractivity contribution >= 4 is 11.6 Å². The zero-order valence-electron chi connectivity index (χ0n) is 24.9. The largest absolute Gasteiger partial charge is 0.362 e. The van der Waals surface area contributed by atoms with Crippen molar-refractivity contribution in [3.63, 3.8) is 0 Å². The third kappa shape index (κ3) is 23.9. The summed E-state index contributed by atoms with van der Waals surface area (Å²) in [6.45, 7) is 11.5. The lowest BCUT2D eigenvalue weighted by Gasteiger charge is -2.26. The first-order valence-electron chi connectivity index (χ1n) is 16.3. The van der Waals surface area contributed by atoms with E-state index in [4.69, 9.17) is 11.6 Å². The maximum absolute atomic E-state index is 6.99. The second kappa shape index (κ2) is 28.4. The van der Waals surface area contributed by atoms with E-state index in [1.165, 1.54) is 166 Å². The first-order chi connectivity index (χ1) is 17.2. The summed E-state index contributed by atoms with van der Waals surface area (Å²) in [7, 11) is 0. The molecule has 0 atom stereocenters. The van der Waals surface area contributed by atoms with Crippen LogP contribution in [-0.2, 0) is 0 Å². The molecule has 0 unspecified atom stereocenters. The number of allylic oxidation sites excluding steroid dienone is 1. The van der Waals surface area contributed by atoms with E-state index in [-0.39, 0.29) is 0 Å². The van der Waals surface area contributed by atoms with E-state index in [1.807, 2.05) is 0 Å². The normalized spacial score (nSPS) is 12.3. The summed E-state index contributed by atoms with van der Waals surface area (Å²) in [5.74, 6) is 0. The predicted molar refractivity (Wildman–Crippen MR) is 163 cm³/mol. The van der Waals surface area contributed by atoms with E-state index < -0.39 is 0 Å². The third-order valence-electron chi connectivity index (χ3n) is 7.60. The van der Waals surface area contributed by atoms with Gasteiger partial charge in [0.2, 0.25) is 0 Å². The Morgan fingerprint density at radius 1 is 0.429 bits per heavy atom. The van der Waals surface area contributed by atoms with Gasteiger partial charge in [0.05, 0.1) is 0 Å². The fourth-order valence-electron chi connectivity index (χ4n) is 5.08. The van der Waals surface area contributed by atoms with Gasteiger partial charge in [-0.3, -0.25) is 0 Å². The summed E-state index contributed by atoms with van der Waals surface area (Å²) in [6, 6.07) is 0. The molecule has 0 aliphatic heterocycles. The fraction of sp³-hybridized carbons (Fsp3) is 0.939. The minimum atomic E-state index is 1.08. The number of nitrogens with zero attached hydrogens (tertiary/aromatic N) is 1. The zero-order valence-corrected chi connectivity index (χ0v) is 25.7. The van der Waals surface area contributed by atoms with E-state index in [1.54, 1.807) is 0 Å². The van der Waals surface area contributed by atoms with E-state index >= 15 is 0 Å². The van der Waals surface area contributed by atoms with Crippen molar-refractivity contribution in [3.05, 3.63) is 10.7 Å². The van der Waals surface area contributed by atoms with E-state index in [0.29, 0.717) is 0 Å². The Morgan fingerprint density at radius 3 is 1.06 bits per heavy atom. The molecule has 0 N–H and O–H groups in total. The summed E-state index contributed by atoms with van der Waals surface area (Å²) >= 11 is 6.99. The van der Waals surface area contributed by atoms with E-state index in [9.17, 15) is 0 Å². The molecule has 0 aliphatic carbocycles. The first kappa shape index (κ1) is 34.8. The molecule has 0 amide bonds. The molecule has 0 spiro atoms. The molecule has 0 saturated carbocycles. The number of rotatable bonds is 28. The molecule has 0 aromatic carbocycles. The Morgan fingerprint density at radius 2 is 0.714 bits per heavy atom. The molecule has 35 heavy (non-hydrogen) atoms. The molecule has 0 radical (unpaired) electrons. The molecule has 2 heteroatoms. The van der Waals surface area contributed by atoms with Crippen molar-refractivity contribution in [2.24, 2.45) is 0 Å². The summed E-state index contributed by atoms with van der Waals surface area (Å²) in [5.41, 5.74) is 1.43. The van der Waals surface area contributed by atoms with Crippen LogP contribution in [0, 0.1) is 0 Å². The molecule has 0 saturated heterocycles. The van der Waals surface area contributed by atoms with Crippen LogP contribution in [0.25, 0.3) is 0 Å². The molecule has 1 nitrogen and oxygen atoms in total. The van der Waals surface area contributed by atoms with Crippen LogP contribution in [0.5, 0.6) is 0 Å². The van der Waals surface area contributed by atoms with Gasteiger partial charge < -0.3 is 4.90 Å². The minimum Gasteiger partial charge on any atom is -0.362 e. The summed E-state index contributed by atoms with van der Waals surface area (Å²) in [5, 5.41) is 1.08. The van der Waals surface area contributed by atoms with Crippen LogP contribution in [-0.4, -0.2) is 18.0 Å². The smallest absolute Gasteiger partial charge is 0.103 e. The number of halogens is 1. The lowest BCUT2D eigenvalue weighted by molar-refractivity contribution is 0.336. The average molecular weight is 512 g/mol. The minimum absolute atomic E-state index is 1.08. The standard InChI is InChI=1S/C33H66ClN/c1-5-8-11-14-17-20-23-26-29-32(4)33(34)35(30-27-24-21-18-15-12-9-6-2)31-28-25-22-19-16-13-10-7-3/h5-31H2,1-4H3. The van der Waals surface area contributed by atoms with Gasteiger partial charge in [-0.1, -0.05) is 167 Å². The van der Waals surface area contributed by atoms with Gasteiger partial charge in [-0.05, 0) is 38.2 Å². The average Bonchev–Trinajstić information content (AvgIpc) is 2.86. The SMILES string of the molecule is CCCCCCCCCCC(C)=C(Cl)N(CCCCCCCCCC)CCCCCCCCCC. The van der Waals surface area contributed by atoms with E-state index in [2.05, 4.69) is 32.6 Å². The number of hydrogen-bond acceptors (Lipinski definition) is 1. The molecule has 210 valence electrons. The van der Waals surface area contributed by atoms with Crippen LogP contribution in [0.1, 0.15) is 188 Å². The first-order valence-corrected chi connectivity index (χ1v) is 16.6. The van der Waals surface area contributed by atoms with Crippen LogP contribution in [0.3, 0.4) is 0 Å².